The SMILES string of the molecule is C=CCCC(NC(=O)c1cc(NC(C)=O)cc(C(F)(F)F)c1)C(=O)O. The molecule has 1 atom stereocenters. The van der Waals surface area contributed by atoms with Crippen molar-refractivity contribution >= 4 is 23.5 Å². The maximum absolute atomic E-state index is 13.0. The maximum atomic E-state index is 13.0. The predicted molar refractivity (Wildman–Crippen MR) is 84.1 cm³/mol. The zero-order valence-electron chi connectivity index (χ0n) is 13.3. The van der Waals surface area contributed by atoms with Crippen LogP contribution in [-0.4, -0.2) is 28.9 Å². The van der Waals surface area contributed by atoms with Gasteiger partial charge in [-0.05, 0) is 31.0 Å². The lowest BCUT2D eigenvalue weighted by Crippen LogP contribution is -2.40. The van der Waals surface area contributed by atoms with Crippen molar-refractivity contribution in [3.05, 3.63) is 42.0 Å². The molecule has 0 aliphatic carbocycles. The van der Waals surface area contributed by atoms with E-state index in [1.807, 2.05) is 0 Å². The number of rotatable bonds is 7. The van der Waals surface area contributed by atoms with Crippen molar-refractivity contribution in [1.82, 2.24) is 5.32 Å². The van der Waals surface area contributed by atoms with Crippen molar-refractivity contribution < 1.29 is 32.7 Å². The van der Waals surface area contributed by atoms with Gasteiger partial charge in [-0.25, -0.2) is 4.79 Å². The lowest BCUT2D eigenvalue weighted by molar-refractivity contribution is -0.139. The Morgan fingerprint density at radius 2 is 1.92 bits per heavy atom. The van der Waals surface area contributed by atoms with Gasteiger partial charge in [0.05, 0.1) is 5.56 Å². The van der Waals surface area contributed by atoms with E-state index >= 15 is 0 Å². The van der Waals surface area contributed by atoms with Crippen LogP contribution < -0.4 is 10.6 Å². The van der Waals surface area contributed by atoms with Crippen LogP contribution in [0.15, 0.2) is 30.9 Å². The zero-order valence-corrected chi connectivity index (χ0v) is 13.3. The van der Waals surface area contributed by atoms with E-state index in [4.69, 9.17) is 5.11 Å². The quantitative estimate of drug-likeness (QED) is 0.653. The van der Waals surface area contributed by atoms with Crippen LogP contribution in [0.3, 0.4) is 0 Å². The molecule has 1 unspecified atom stereocenters. The fraction of sp³-hybridized carbons (Fsp3) is 0.312. The van der Waals surface area contributed by atoms with E-state index in [1.54, 1.807) is 0 Å². The molecule has 1 rings (SSSR count). The molecule has 0 bridgehead atoms. The van der Waals surface area contributed by atoms with E-state index in [-0.39, 0.29) is 12.1 Å². The predicted octanol–water partition coefficient (Wildman–Crippen LogP) is 2.81. The Bertz CT molecular complexity index is 686. The van der Waals surface area contributed by atoms with Gasteiger partial charge in [-0.3, -0.25) is 9.59 Å². The molecule has 0 radical (unpaired) electrons. The molecule has 3 N–H and O–H groups in total. The van der Waals surface area contributed by atoms with E-state index in [9.17, 15) is 27.6 Å². The number of allylic oxidation sites excluding steroid dienone is 1. The molecule has 2 amide bonds. The first-order valence-electron chi connectivity index (χ1n) is 7.19. The highest BCUT2D eigenvalue weighted by atomic mass is 19.4. The molecule has 0 aliphatic rings. The fourth-order valence-corrected chi connectivity index (χ4v) is 1.98. The van der Waals surface area contributed by atoms with Crippen molar-refractivity contribution in [3.63, 3.8) is 0 Å². The third kappa shape index (κ3) is 6.28. The van der Waals surface area contributed by atoms with E-state index in [0.717, 1.165) is 13.0 Å². The second kappa shape index (κ2) is 8.32. The Labute approximate surface area is 141 Å². The van der Waals surface area contributed by atoms with E-state index in [0.29, 0.717) is 18.6 Å². The summed E-state index contributed by atoms with van der Waals surface area (Å²) in [6, 6.07) is 1.04. The van der Waals surface area contributed by atoms with E-state index in [2.05, 4.69) is 17.2 Å². The second-order valence-corrected chi connectivity index (χ2v) is 5.21. The standard InChI is InChI=1S/C16H17F3N2O4/c1-3-4-5-13(15(24)25)21-14(23)10-6-11(16(17,18)19)8-12(7-10)20-9(2)22/h3,6-8,13H,1,4-5H2,2H3,(H,20,22)(H,21,23)(H,24,25). The van der Waals surface area contributed by atoms with Crippen molar-refractivity contribution in [2.45, 2.75) is 32.0 Å². The number of amides is 2. The third-order valence-electron chi connectivity index (χ3n) is 3.11. The number of carboxylic acid groups (broad SMARTS) is 1. The van der Waals surface area contributed by atoms with Crippen molar-refractivity contribution in [1.29, 1.82) is 0 Å². The molecule has 0 spiro atoms. The van der Waals surface area contributed by atoms with E-state index < -0.39 is 41.1 Å². The van der Waals surface area contributed by atoms with Crippen molar-refractivity contribution in [2.75, 3.05) is 5.32 Å². The summed E-state index contributed by atoms with van der Waals surface area (Å²) in [5, 5.41) is 13.4. The summed E-state index contributed by atoms with van der Waals surface area (Å²) in [7, 11) is 0. The number of alkyl halides is 3. The average molecular weight is 358 g/mol. The van der Waals surface area contributed by atoms with Crippen LogP contribution in [0.1, 0.15) is 35.7 Å². The molecule has 6 nitrogen and oxygen atoms in total. The smallest absolute Gasteiger partial charge is 0.416 e. The maximum Gasteiger partial charge on any atom is 0.416 e. The number of nitrogens with one attached hydrogen (secondary N) is 2. The largest absolute Gasteiger partial charge is 0.480 e. The van der Waals surface area contributed by atoms with Crippen LogP contribution in [-0.2, 0) is 15.8 Å². The summed E-state index contributed by atoms with van der Waals surface area (Å²) in [6.45, 7) is 4.54. The summed E-state index contributed by atoms with van der Waals surface area (Å²) < 4.78 is 38.9. The van der Waals surface area contributed by atoms with Crippen LogP contribution in [0.2, 0.25) is 0 Å². The number of benzene rings is 1. The molecule has 0 fully saturated rings. The molecule has 0 saturated carbocycles. The van der Waals surface area contributed by atoms with Gasteiger partial charge in [0.1, 0.15) is 6.04 Å². The molecule has 0 aromatic heterocycles. The summed E-state index contributed by atoms with van der Waals surface area (Å²) in [5.41, 5.74) is -1.77. The summed E-state index contributed by atoms with van der Waals surface area (Å²) >= 11 is 0. The first-order valence-corrected chi connectivity index (χ1v) is 7.19. The van der Waals surface area contributed by atoms with Crippen LogP contribution in [0, 0.1) is 0 Å². The molecule has 9 heteroatoms. The number of carbonyl (C=O) groups excluding carboxylic acids is 2. The molecule has 0 aliphatic heterocycles. The normalized spacial score (nSPS) is 12.2. The fourth-order valence-electron chi connectivity index (χ4n) is 1.98. The highest BCUT2D eigenvalue weighted by Gasteiger charge is 2.32. The number of halogens is 3. The topological polar surface area (TPSA) is 95.5 Å². The Morgan fingerprint density at radius 3 is 2.40 bits per heavy atom. The summed E-state index contributed by atoms with van der Waals surface area (Å²) in [4.78, 5) is 34.3. The van der Waals surface area contributed by atoms with Gasteiger partial charge in [0.2, 0.25) is 5.91 Å². The van der Waals surface area contributed by atoms with E-state index in [1.165, 1.54) is 6.08 Å². The molecular formula is C16H17F3N2O4. The lowest BCUT2D eigenvalue weighted by atomic mass is 10.1. The number of anilines is 1. The van der Waals surface area contributed by atoms with Crippen LogP contribution in [0.25, 0.3) is 0 Å². The van der Waals surface area contributed by atoms with Crippen molar-refractivity contribution in [2.24, 2.45) is 0 Å². The highest BCUT2D eigenvalue weighted by Crippen LogP contribution is 2.32. The minimum Gasteiger partial charge on any atom is -0.480 e. The van der Waals surface area contributed by atoms with Crippen LogP contribution >= 0.6 is 0 Å². The molecule has 1 aromatic rings. The Balaban J connectivity index is 3.15. The average Bonchev–Trinajstić information content (AvgIpc) is 2.49. The first kappa shape index (κ1) is 20.2. The van der Waals surface area contributed by atoms with Gasteiger partial charge in [-0.2, -0.15) is 13.2 Å². The molecule has 25 heavy (non-hydrogen) atoms. The minimum absolute atomic E-state index is 0.0437. The van der Waals surface area contributed by atoms with Gasteiger partial charge in [-0.15, -0.1) is 6.58 Å². The van der Waals surface area contributed by atoms with Gasteiger partial charge >= 0.3 is 12.1 Å². The Morgan fingerprint density at radius 1 is 1.28 bits per heavy atom. The zero-order chi connectivity index (χ0) is 19.2. The minimum atomic E-state index is -4.74. The van der Waals surface area contributed by atoms with Gasteiger partial charge in [-0.1, -0.05) is 6.08 Å². The third-order valence-corrected chi connectivity index (χ3v) is 3.11. The monoisotopic (exact) mass is 358 g/mol. The summed E-state index contributed by atoms with van der Waals surface area (Å²) in [5.74, 6) is -2.92. The summed E-state index contributed by atoms with van der Waals surface area (Å²) in [6.07, 6.45) is -2.93. The van der Waals surface area contributed by atoms with Crippen molar-refractivity contribution in [3.8, 4) is 0 Å². The Hall–Kier alpha value is -2.84. The van der Waals surface area contributed by atoms with Crippen LogP contribution in [0.5, 0.6) is 0 Å². The van der Waals surface area contributed by atoms with Gasteiger partial charge in [0.25, 0.3) is 5.91 Å². The lowest BCUT2D eigenvalue weighted by Gasteiger charge is -2.16. The molecule has 0 heterocycles. The molecule has 1 aromatic carbocycles. The Kier molecular flexibility index (Phi) is 6.72. The van der Waals surface area contributed by atoms with Gasteiger partial charge < -0.3 is 15.7 Å². The molecule has 136 valence electrons. The second-order valence-electron chi connectivity index (χ2n) is 5.21. The van der Waals surface area contributed by atoms with Gasteiger partial charge in [0, 0.05) is 18.2 Å². The first-order chi connectivity index (χ1) is 11.5. The number of carboxylic acids is 1. The number of aliphatic carboxylic acids is 1. The number of carbonyl (C=O) groups is 3. The highest BCUT2D eigenvalue weighted by molar-refractivity contribution is 5.98. The van der Waals surface area contributed by atoms with Crippen LogP contribution in [0.4, 0.5) is 18.9 Å². The molecular weight excluding hydrogens is 341 g/mol. The van der Waals surface area contributed by atoms with Gasteiger partial charge in [0.15, 0.2) is 0 Å². The molecule has 0 saturated heterocycles. The number of hydrogen-bond acceptors (Lipinski definition) is 3. The number of hydrogen-bond donors (Lipinski definition) is 3.